The van der Waals surface area contributed by atoms with Crippen molar-refractivity contribution < 1.29 is 27.9 Å². The maximum absolute atomic E-state index is 11.9. The SMILES string of the molecule is COC(=O)C(C)S(=O)(=O)Nc1ccc(C(=O)O)c(Cl)c1. The molecule has 1 aromatic rings. The van der Waals surface area contributed by atoms with Crippen LogP contribution >= 0.6 is 11.6 Å². The Bertz CT molecular complexity index is 642. The van der Waals surface area contributed by atoms with E-state index in [4.69, 9.17) is 16.7 Å². The maximum Gasteiger partial charge on any atom is 0.337 e. The van der Waals surface area contributed by atoms with Gasteiger partial charge in [0, 0.05) is 0 Å². The van der Waals surface area contributed by atoms with E-state index in [2.05, 4.69) is 9.46 Å². The molecular weight excluding hydrogens is 310 g/mol. The first-order valence-electron chi connectivity index (χ1n) is 5.31. The first-order valence-corrected chi connectivity index (χ1v) is 7.23. The molecule has 0 aliphatic rings. The van der Waals surface area contributed by atoms with Crippen molar-refractivity contribution in [1.29, 1.82) is 0 Å². The molecule has 20 heavy (non-hydrogen) atoms. The third-order valence-electron chi connectivity index (χ3n) is 2.46. The van der Waals surface area contributed by atoms with Gasteiger partial charge in [-0.25, -0.2) is 13.2 Å². The van der Waals surface area contributed by atoms with Crippen molar-refractivity contribution in [3.63, 3.8) is 0 Å². The van der Waals surface area contributed by atoms with Crippen LogP contribution in [0, 0.1) is 0 Å². The molecule has 0 aromatic heterocycles. The minimum absolute atomic E-state index is 0.0516. The molecule has 1 rings (SSSR count). The molecule has 1 unspecified atom stereocenters. The molecule has 0 fully saturated rings. The number of benzene rings is 1. The van der Waals surface area contributed by atoms with E-state index >= 15 is 0 Å². The van der Waals surface area contributed by atoms with Crippen molar-refractivity contribution in [3.05, 3.63) is 28.8 Å². The fourth-order valence-corrected chi connectivity index (χ4v) is 2.54. The third-order valence-corrected chi connectivity index (χ3v) is 4.41. The first-order chi connectivity index (χ1) is 9.19. The number of ether oxygens (including phenoxy) is 1. The third kappa shape index (κ3) is 3.61. The highest BCUT2D eigenvalue weighted by Crippen LogP contribution is 2.22. The van der Waals surface area contributed by atoms with Gasteiger partial charge in [-0.3, -0.25) is 9.52 Å². The van der Waals surface area contributed by atoms with Gasteiger partial charge in [0.05, 0.1) is 23.4 Å². The monoisotopic (exact) mass is 321 g/mol. The average molecular weight is 322 g/mol. The van der Waals surface area contributed by atoms with Crippen LogP contribution in [0.5, 0.6) is 0 Å². The van der Waals surface area contributed by atoms with Crippen LogP contribution in [0.15, 0.2) is 18.2 Å². The van der Waals surface area contributed by atoms with Gasteiger partial charge in [-0.15, -0.1) is 0 Å². The van der Waals surface area contributed by atoms with Crippen molar-refractivity contribution in [1.82, 2.24) is 0 Å². The van der Waals surface area contributed by atoms with Crippen LogP contribution in [0.1, 0.15) is 17.3 Å². The Hall–Kier alpha value is -1.80. The number of hydrogen-bond acceptors (Lipinski definition) is 5. The second kappa shape index (κ2) is 6.10. The van der Waals surface area contributed by atoms with E-state index < -0.39 is 27.2 Å². The predicted molar refractivity (Wildman–Crippen MR) is 72.4 cm³/mol. The number of aromatic carboxylic acids is 1. The smallest absolute Gasteiger partial charge is 0.337 e. The molecule has 0 spiro atoms. The summed E-state index contributed by atoms with van der Waals surface area (Å²) in [6.07, 6.45) is 0. The number of nitrogens with one attached hydrogen (secondary N) is 1. The number of halogens is 1. The van der Waals surface area contributed by atoms with E-state index in [1.165, 1.54) is 13.0 Å². The van der Waals surface area contributed by atoms with Crippen LogP contribution in [0.4, 0.5) is 5.69 Å². The average Bonchev–Trinajstić information content (AvgIpc) is 2.36. The van der Waals surface area contributed by atoms with Gasteiger partial charge in [-0.1, -0.05) is 11.6 Å². The highest BCUT2D eigenvalue weighted by atomic mass is 35.5. The van der Waals surface area contributed by atoms with E-state index in [9.17, 15) is 18.0 Å². The zero-order chi connectivity index (χ0) is 15.5. The van der Waals surface area contributed by atoms with Gasteiger partial charge < -0.3 is 9.84 Å². The second-order valence-electron chi connectivity index (χ2n) is 3.81. The quantitative estimate of drug-likeness (QED) is 0.792. The zero-order valence-corrected chi connectivity index (χ0v) is 12.2. The van der Waals surface area contributed by atoms with Gasteiger partial charge >= 0.3 is 11.9 Å². The fourth-order valence-electron chi connectivity index (χ4n) is 1.30. The number of sulfonamides is 1. The number of anilines is 1. The lowest BCUT2D eigenvalue weighted by Gasteiger charge is -2.13. The molecular formula is C11H12ClNO6S. The summed E-state index contributed by atoms with van der Waals surface area (Å²) in [5.74, 6) is -2.14. The summed E-state index contributed by atoms with van der Waals surface area (Å²) in [4.78, 5) is 22.0. The van der Waals surface area contributed by atoms with Crippen LogP contribution < -0.4 is 4.72 Å². The maximum atomic E-state index is 11.9. The van der Waals surface area contributed by atoms with Crippen molar-refractivity contribution in [2.24, 2.45) is 0 Å². The number of carbonyl (C=O) groups is 2. The Kier molecular flexibility index (Phi) is 4.96. The normalized spacial score (nSPS) is 12.6. The van der Waals surface area contributed by atoms with Crippen LogP contribution in [-0.4, -0.2) is 37.8 Å². The molecule has 1 aromatic carbocycles. The number of esters is 1. The number of rotatable bonds is 5. The van der Waals surface area contributed by atoms with Gasteiger partial charge in [0.15, 0.2) is 5.25 Å². The molecule has 0 aliphatic carbocycles. The van der Waals surface area contributed by atoms with Gasteiger partial charge in [-0.05, 0) is 25.1 Å². The first kappa shape index (κ1) is 16.3. The molecule has 7 nitrogen and oxygen atoms in total. The summed E-state index contributed by atoms with van der Waals surface area (Å²) in [5.41, 5.74) is -0.105. The van der Waals surface area contributed by atoms with E-state index in [-0.39, 0.29) is 16.3 Å². The van der Waals surface area contributed by atoms with Crippen molar-refractivity contribution in [2.45, 2.75) is 12.2 Å². The Morgan fingerprint density at radius 2 is 2.00 bits per heavy atom. The molecule has 0 saturated carbocycles. The lowest BCUT2D eigenvalue weighted by molar-refractivity contribution is -0.139. The number of hydrogen-bond donors (Lipinski definition) is 2. The van der Waals surface area contributed by atoms with Crippen LogP contribution in [0.3, 0.4) is 0 Å². The summed E-state index contributed by atoms with van der Waals surface area (Å²) in [7, 11) is -2.93. The molecule has 0 radical (unpaired) electrons. The van der Waals surface area contributed by atoms with E-state index in [1.807, 2.05) is 0 Å². The molecule has 0 saturated heterocycles. The van der Waals surface area contributed by atoms with Gasteiger partial charge in [0.25, 0.3) is 0 Å². The van der Waals surface area contributed by atoms with Crippen LogP contribution in [0.2, 0.25) is 5.02 Å². The Balaban J connectivity index is 3.02. The van der Waals surface area contributed by atoms with E-state index in [0.717, 1.165) is 19.2 Å². The number of methoxy groups -OCH3 is 1. The van der Waals surface area contributed by atoms with Crippen molar-refractivity contribution in [2.75, 3.05) is 11.8 Å². The topological polar surface area (TPSA) is 110 Å². The molecule has 0 heterocycles. The minimum Gasteiger partial charge on any atom is -0.478 e. The number of carboxylic acid groups (broad SMARTS) is 1. The highest BCUT2D eigenvalue weighted by Gasteiger charge is 2.29. The van der Waals surface area contributed by atoms with Crippen molar-refractivity contribution >= 4 is 39.3 Å². The lowest BCUT2D eigenvalue weighted by atomic mass is 10.2. The molecule has 110 valence electrons. The number of carbonyl (C=O) groups excluding carboxylic acids is 1. The Labute approximate surface area is 120 Å². The standard InChI is InChI=1S/C11H12ClNO6S/c1-6(11(16)19-2)20(17,18)13-7-3-4-8(10(14)15)9(12)5-7/h3-6,13H,1-2H3,(H,14,15). The number of carboxylic acids is 1. The van der Waals surface area contributed by atoms with Gasteiger partial charge in [0.1, 0.15) is 0 Å². The van der Waals surface area contributed by atoms with Crippen LogP contribution in [-0.2, 0) is 19.6 Å². The summed E-state index contributed by atoms with van der Waals surface area (Å²) in [5, 5.41) is 7.26. The minimum atomic E-state index is -4.01. The highest BCUT2D eigenvalue weighted by molar-refractivity contribution is 7.94. The van der Waals surface area contributed by atoms with Crippen molar-refractivity contribution in [3.8, 4) is 0 Å². The molecule has 1 atom stereocenters. The van der Waals surface area contributed by atoms with Gasteiger partial charge in [-0.2, -0.15) is 0 Å². The van der Waals surface area contributed by atoms with E-state index in [1.54, 1.807) is 0 Å². The molecule has 0 amide bonds. The van der Waals surface area contributed by atoms with Gasteiger partial charge in [0.2, 0.25) is 10.0 Å². The summed E-state index contributed by atoms with van der Waals surface area (Å²) in [6, 6.07) is 3.54. The fraction of sp³-hybridized carbons (Fsp3) is 0.273. The molecule has 9 heteroatoms. The Morgan fingerprint density at radius 1 is 1.40 bits per heavy atom. The summed E-state index contributed by atoms with van der Waals surface area (Å²) in [6.45, 7) is 1.17. The Morgan fingerprint density at radius 3 is 2.45 bits per heavy atom. The zero-order valence-electron chi connectivity index (χ0n) is 10.6. The molecule has 0 aliphatic heterocycles. The van der Waals surface area contributed by atoms with E-state index in [0.29, 0.717) is 0 Å². The summed E-state index contributed by atoms with van der Waals surface area (Å²) < 4.78 is 30.2. The predicted octanol–water partition coefficient (Wildman–Crippen LogP) is 1.34. The second-order valence-corrected chi connectivity index (χ2v) is 6.22. The lowest BCUT2D eigenvalue weighted by Crippen LogP contribution is -2.33. The molecule has 0 bridgehead atoms. The largest absolute Gasteiger partial charge is 0.478 e. The van der Waals surface area contributed by atoms with Crippen LogP contribution in [0.25, 0.3) is 0 Å². The molecule has 2 N–H and O–H groups in total. The summed E-state index contributed by atoms with van der Waals surface area (Å²) >= 11 is 5.72.